The maximum atomic E-state index is 12.1. The molecule has 0 aromatic heterocycles. The van der Waals surface area contributed by atoms with E-state index in [0.29, 0.717) is 11.3 Å². The van der Waals surface area contributed by atoms with E-state index in [0.717, 1.165) is 25.9 Å². The SMILES string of the molecule is CC(C)OC(=O)c1ccc(NC(=O)[C@H]2CCCNC2)cc1. The van der Waals surface area contributed by atoms with Crippen molar-refractivity contribution >= 4 is 17.6 Å². The minimum atomic E-state index is -0.348. The van der Waals surface area contributed by atoms with Crippen LogP contribution in [0.25, 0.3) is 0 Å². The van der Waals surface area contributed by atoms with Crippen molar-refractivity contribution in [3.8, 4) is 0 Å². The van der Waals surface area contributed by atoms with Gasteiger partial charge in [0.1, 0.15) is 0 Å². The van der Waals surface area contributed by atoms with Gasteiger partial charge < -0.3 is 15.4 Å². The van der Waals surface area contributed by atoms with Gasteiger partial charge in [0.15, 0.2) is 0 Å². The van der Waals surface area contributed by atoms with E-state index in [2.05, 4.69) is 10.6 Å². The number of nitrogens with one attached hydrogen (secondary N) is 2. The monoisotopic (exact) mass is 290 g/mol. The number of esters is 1. The Morgan fingerprint density at radius 3 is 2.57 bits per heavy atom. The van der Waals surface area contributed by atoms with Crippen LogP contribution < -0.4 is 10.6 Å². The highest BCUT2D eigenvalue weighted by Crippen LogP contribution is 2.15. The average molecular weight is 290 g/mol. The van der Waals surface area contributed by atoms with Crippen molar-refractivity contribution in [3.05, 3.63) is 29.8 Å². The lowest BCUT2D eigenvalue weighted by Gasteiger charge is -2.21. The number of ether oxygens (including phenoxy) is 1. The standard InChI is InChI=1S/C16H22N2O3/c1-11(2)21-16(20)12-5-7-14(8-6-12)18-15(19)13-4-3-9-17-10-13/h5-8,11,13,17H,3-4,9-10H2,1-2H3,(H,18,19)/t13-/m0/s1. The summed E-state index contributed by atoms with van der Waals surface area (Å²) in [7, 11) is 0. The molecular weight excluding hydrogens is 268 g/mol. The van der Waals surface area contributed by atoms with Crippen LogP contribution in [0, 0.1) is 5.92 Å². The number of carbonyl (C=O) groups is 2. The van der Waals surface area contributed by atoms with Crippen molar-refractivity contribution in [2.75, 3.05) is 18.4 Å². The highest BCUT2D eigenvalue weighted by molar-refractivity contribution is 5.94. The summed E-state index contributed by atoms with van der Waals surface area (Å²) in [5.41, 5.74) is 1.19. The van der Waals surface area contributed by atoms with Crippen molar-refractivity contribution in [1.29, 1.82) is 0 Å². The van der Waals surface area contributed by atoms with E-state index < -0.39 is 0 Å². The summed E-state index contributed by atoms with van der Waals surface area (Å²) >= 11 is 0. The molecule has 1 aromatic rings. The number of rotatable bonds is 4. The maximum absolute atomic E-state index is 12.1. The second-order valence-corrected chi connectivity index (χ2v) is 5.56. The molecule has 2 N–H and O–H groups in total. The number of anilines is 1. The summed E-state index contributed by atoms with van der Waals surface area (Å²) in [4.78, 5) is 23.8. The normalized spacial score (nSPS) is 18.3. The summed E-state index contributed by atoms with van der Waals surface area (Å²) in [6.07, 6.45) is 1.80. The zero-order valence-corrected chi connectivity index (χ0v) is 12.5. The van der Waals surface area contributed by atoms with Gasteiger partial charge in [-0.3, -0.25) is 4.79 Å². The molecule has 5 heteroatoms. The largest absolute Gasteiger partial charge is 0.459 e. The fraction of sp³-hybridized carbons (Fsp3) is 0.500. The molecular formula is C16H22N2O3. The summed E-state index contributed by atoms with van der Waals surface area (Å²) < 4.78 is 5.12. The van der Waals surface area contributed by atoms with Gasteiger partial charge in [-0.15, -0.1) is 0 Å². The molecule has 1 heterocycles. The Morgan fingerprint density at radius 1 is 1.29 bits per heavy atom. The van der Waals surface area contributed by atoms with Crippen molar-refractivity contribution in [2.24, 2.45) is 5.92 Å². The number of piperidine rings is 1. The van der Waals surface area contributed by atoms with Gasteiger partial charge in [-0.05, 0) is 57.5 Å². The van der Waals surface area contributed by atoms with E-state index >= 15 is 0 Å². The second kappa shape index (κ2) is 7.22. The summed E-state index contributed by atoms with van der Waals surface area (Å²) in [6.45, 7) is 5.33. The molecule has 1 fully saturated rings. The number of carbonyl (C=O) groups excluding carboxylic acids is 2. The van der Waals surface area contributed by atoms with Crippen molar-refractivity contribution in [1.82, 2.24) is 5.32 Å². The Bertz CT molecular complexity index is 491. The zero-order valence-electron chi connectivity index (χ0n) is 12.5. The minimum Gasteiger partial charge on any atom is -0.459 e. The highest BCUT2D eigenvalue weighted by Gasteiger charge is 2.20. The van der Waals surface area contributed by atoms with Gasteiger partial charge in [-0.1, -0.05) is 0 Å². The fourth-order valence-electron chi connectivity index (χ4n) is 2.29. The molecule has 1 aliphatic heterocycles. The first kappa shape index (κ1) is 15.5. The quantitative estimate of drug-likeness (QED) is 0.834. The van der Waals surface area contributed by atoms with Crippen LogP contribution >= 0.6 is 0 Å². The number of hydrogen-bond acceptors (Lipinski definition) is 4. The van der Waals surface area contributed by atoms with E-state index in [1.54, 1.807) is 24.3 Å². The van der Waals surface area contributed by atoms with Gasteiger partial charge in [-0.25, -0.2) is 4.79 Å². The van der Waals surface area contributed by atoms with Gasteiger partial charge in [0.25, 0.3) is 0 Å². The molecule has 114 valence electrons. The van der Waals surface area contributed by atoms with E-state index in [9.17, 15) is 9.59 Å². The lowest BCUT2D eigenvalue weighted by atomic mass is 9.99. The molecule has 1 aromatic carbocycles. The Morgan fingerprint density at radius 2 is 2.00 bits per heavy atom. The van der Waals surface area contributed by atoms with Crippen LogP contribution in [0.3, 0.4) is 0 Å². The first-order valence-electron chi connectivity index (χ1n) is 7.39. The summed E-state index contributed by atoms with van der Waals surface area (Å²) in [6, 6.07) is 6.79. The molecule has 21 heavy (non-hydrogen) atoms. The fourth-order valence-corrected chi connectivity index (χ4v) is 2.29. The molecule has 0 aliphatic carbocycles. The Balaban J connectivity index is 1.92. The van der Waals surface area contributed by atoms with Crippen LogP contribution in [0.1, 0.15) is 37.0 Å². The third kappa shape index (κ3) is 4.56. The topological polar surface area (TPSA) is 67.4 Å². The summed E-state index contributed by atoms with van der Waals surface area (Å²) in [5.74, 6) is -0.302. The number of amides is 1. The van der Waals surface area contributed by atoms with Crippen molar-refractivity contribution in [2.45, 2.75) is 32.8 Å². The minimum absolute atomic E-state index is 0.0179. The molecule has 2 rings (SSSR count). The third-order valence-corrected chi connectivity index (χ3v) is 3.40. The van der Waals surface area contributed by atoms with Gasteiger partial charge in [-0.2, -0.15) is 0 Å². The van der Waals surface area contributed by atoms with Crippen LogP contribution in [0.4, 0.5) is 5.69 Å². The van der Waals surface area contributed by atoms with E-state index in [-0.39, 0.29) is 23.9 Å². The predicted octanol–water partition coefficient (Wildman–Crippen LogP) is 2.19. The predicted molar refractivity (Wildman–Crippen MR) is 81.2 cm³/mol. The molecule has 0 saturated carbocycles. The average Bonchev–Trinajstić information content (AvgIpc) is 2.48. The van der Waals surface area contributed by atoms with Crippen LogP contribution in [0.5, 0.6) is 0 Å². The molecule has 1 aliphatic rings. The van der Waals surface area contributed by atoms with Crippen LogP contribution in [0.15, 0.2) is 24.3 Å². The van der Waals surface area contributed by atoms with Crippen molar-refractivity contribution in [3.63, 3.8) is 0 Å². The first-order valence-corrected chi connectivity index (χ1v) is 7.39. The molecule has 0 bridgehead atoms. The molecule has 0 spiro atoms. The third-order valence-electron chi connectivity index (χ3n) is 3.40. The first-order chi connectivity index (χ1) is 10.1. The Kier molecular flexibility index (Phi) is 5.33. The van der Waals surface area contributed by atoms with Gasteiger partial charge in [0.05, 0.1) is 17.6 Å². The molecule has 0 radical (unpaired) electrons. The van der Waals surface area contributed by atoms with Crippen LogP contribution in [-0.2, 0) is 9.53 Å². The number of hydrogen-bond donors (Lipinski definition) is 2. The highest BCUT2D eigenvalue weighted by atomic mass is 16.5. The summed E-state index contributed by atoms with van der Waals surface area (Å²) in [5, 5.41) is 6.11. The molecule has 1 saturated heterocycles. The smallest absolute Gasteiger partial charge is 0.338 e. The zero-order chi connectivity index (χ0) is 15.2. The van der Waals surface area contributed by atoms with Crippen LogP contribution in [-0.4, -0.2) is 31.1 Å². The van der Waals surface area contributed by atoms with Crippen LogP contribution in [0.2, 0.25) is 0 Å². The van der Waals surface area contributed by atoms with E-state index in [4.69, 9.17) is 4.74 Å². The lowest BCUT2D eigenvalue weighted by molar-refractivity contribution is -0.120. The van der Waals surface area contributed by atoms with Gasteiger partial charge >= 0.3 is 5.97 Å². The Hall–Kier alpha value is -1.88. The number of benzene rings is 1. The van der Waals surface area contributed by atoms with Gasteiger partial charge in [0, 0.05) is 12.2 Å². The molecule has 1 amide bonds. The van der Waals surface area contributed by atoms with E-state index in [1.165, 1.54) is 0 Å². The van der Waals surface area contributed by atoms with Crippen molar-refractivity contribution < 1.29 is 14.3 Å². The molecule has 1 atom stereocenters. The lowest BCUT2D eigenvalue weighted by Crippen LogP contribution is -2.37. The molecule has 5 nitrogen and oxygen atoms in total. The van der Waals surface area contributed by atoms with Gasteiger partial charge in [0.2, 0.25) is 5.91 Å². The molecule has 0 unspecified atom stereocenters. The second-order valence-electron chi connectivity index (χ2n) is 5.56. The maximum Gasteiger partial charge on any atom is 0.338 e. The van der Waals surface area contributed by atoms with E-state index in [1.807, 2.05) is 13.8 Å². The Labute approximate surface area is 125 Å².